The van der Waals surface area contributed by atoms with Gasteiger partial charge in [0.15, 0.2) is 0 Å². The molecule has 94 valence electrons. The molecule has 0 bridgehead atoms. The molecule has 0 radical (unpaired) electrons. The number of rotatable bonds is 5. The SMILES string of the molecule is COc1ccc(Cl)cc1CN(C)C(C)C(N)=S. The molecule has 1 atom stereocenters. The number of methoxy groups -OCH3 is 1. The molecular weight excluding hydrogens is 256 g/mol. The predicted molar refractivity (Wildman–Crippen MR) is 75.7 cm³/mol. The fourth-order valence-corrected chi connectivity index (χ4v) is 1.87. The molecule has 5 heteroatoms. The smallest absolute Gasteiger partial charge is 0.123 e. The third-order valence-electron chi connectivity index (χ3n) is 2.74. The predicted octanol–water partition coefficient (Wildman–Crippen LogP) is 2.46. The highest BCUT2D eigenvalue weighted by molar-refractivity contribution is 7.80. The van der Waals surface area contributed by atoms with Gasteiger partial charge in [0, 0.05) is 17.1 Å². The van der Waals surface area contributed by atoms with Crippen LogP contribution in [0.5, 0.6) is 5.75 Å². The molecule has 2 N–H and O–H groups in total. The Morgan fingerprint density at radius 3 is 2.76 bits per heavy atom. The lowest BCUT2D eigenvalue weighted by Crippen LogP contribution is -2.38. The monoisotopic (exact) mass is 272 g/mol. The average Bonchev–Trinajstić information content (AvgIpc) is 2.28. The van der Waals surface area contributed by atoms with E-state index in [1.54, 1.807) is 13.2 Å². The molecule has 0 heterocycles. The molecule has 0 saturated carbocycles. The minimum Gasteiger partial charge on any atom is -0.496 e. The molecule has 3 nitrogen and oxygen atoms in total. The van der Waals surface area contributed by atoms with Gasteiger partial charge in [-0.2, -0.15) is 0 Å². The number of benzene rings is 1. The van der Waals surface area contributed by atoms with Crippen LogP contribution in [0.3, 0.4) is 0 Å². The maximum Gasteiger partial charge on any atom is 0.123 e. The molecule has 1 aromatic carbocycles. The van der Waals surface area contributed by atoms with Gasteiger partial charge < -0.3 is 10.5 Å². The number of nitrogens with zero attached hydrogens (tertiary/aromatic N) is 1. The van der Waals surface area contributed by atoms with Crippen molar-refractivity contribution in [1.29, 1.82) is 0 Å². The number of likely N-dealkylation sites (N-methyl/N-ethyl adjacent to an activating group) is 1. The summed E-state index contributed by atoms with van der Waals surface area (Å²) in [5.41, 5.74) is 6.64. The van der Waals surface area contributed by atoms with E-state index in [4.69, 9.17) is 34.3 Å². The van der Waals surface area contributed by atoms with Crippen molar-refractivity contribution in [3.63, 3.8) is 0 Å². The van der Waals surface area contributed by atoms with Gasteiger partial charge in [-0.25, -0.2) is 0 Å². The lowest BCUT2D eigenvalue weighted by molar-refractivity contribution is 0.297. The molecular formula is C12H17ClN2OS. The summed E-state index contributed by atoms with van der Waals surface area (Å²) in [6, 6.07) is 5.59. The van der Waals surface area contributed by atoms with Gasteiger partial charge in [0.05, 0.1) is 18.1 Å². The minimum absolute atomic E-state index is 0.0358. The highest BCUT2D eigenvalue weighted by Gasteiger charge is 2.14. The summed E-state index contributed by atoms with van der Waals surface area (Å²) in [7, 11) is 3.61. The molecule has 1 rings (SSSR count). The molecule has 0 spiro atoms. The zero-order valence-corrected chi connectivity index (χ0v) is 11.8. The molecule has 17 heavy (non-hydrogen) atoms. The Balaban J connectivity index is 2.86. The number of ether oxygens (including phenoxy) is 1. The van der Waals surface area contributed by atoms with Crippen LogP contribution in [0.15, 0.2) is 18.2 Å². The highest BCUT2D eigenvalue weighted by Crippen LogP contribution is 2.24. The van der Waals surface area contributed by atoms with E-state index in [1.165, 1.54) is 0 Å². The largest absolute Gasteiger partial charge is 0.496 e. The van der Waals surface area contributed by atoms with Gasteiger partial charge >= 0.3 is 0 Å². The second kappa shape index (κ2) is 6.19. The summed E-state index contributed by atoms with van der Waals surface area (Å²) >= 11 is 11.0. The van der Waals surface area contributed by atoms with E-state index >= 15 is 0 Å². The maximum atomic E-state index is 5.97. The number of thiocarbonyl (C=S) groups is 1. The van der Waals surface area contributed by atoms with Crippen molar-refractivity contribution < 1.29 is 4.74 Å². The molecule has 0 aliphatic rings. The number of nitrogens with two attached hydrogens (primary N) is 1. The summed E-state index contributed by atoms with van der Waals surface area (Å²) in [4.78, 5) is 2.53. The maximum absolute atomic E-state index is 5.97. The Kier molecular flexibility index (Phi) is 5.18. The zero-order valence-electron chi connectivity index (χ0n) is 10.2. The van der Waals surface area contributed by atoms with Crippen LogP contribution >= 0.6 is 23.8 Å². The molecule has 0 fully saturated rings. The summed E-state index contributed by atoms with van der Waals surface area (Å²) < 4.78 is 5.29. The second-order valence-corrected chi connectivity index (χ2v) is 4.86. The Morgan fingerprint density at radius 2 is 2.24 bits per heavy atom. The molecule has 0 amide bonds. The number of halogens is 1. The normalized spacial score (nSPS) is 12.5. The van der Waals surface area contributed by atoms with E-state index in [9.17, 15) is 0 Å². The van der Waals surface area contributed by atoms with Crippen LogP contribution in [0.4, 0.5) is 0 Å². The fraction of sp³-hybridized carbons (Fsp3) is 0.417. The van der Waals surface area contributed by atoms with E-state index in [1.807, 2.05) is 26.1 Å². The van der Waals surface area contributed by atoms with E-state index in [-0.39, 0.29) is 6.04 Å². The first kappa shape index (κ1) is 14.2. The number of hydrogen-bond donors (Lipinski definition) is 1. The molecule has 1 aromatic rings. The van der Waals surface area contributed by atoms with E-state index in [0.29, 0.717) is 16.6 Å². The first-order chi connectivity index (χ1) is 7.95. The van der Waals surface area contributed by atoms with Crippen LogP contribution in [-0.2, 0) is 6.54 Å². The highest BCUT2D eigenvalue weighted by atomic mass is 35.5. The molecule has 1 unspecified atom stereocenters. The molecule has 0 aromatic heterocycles. The van der Waals surface area contributed by atoms with Crippen molar-refractivity contribution in [2.24, 2.45) is 5.73 Å². The van der Waals surface area contributed by atoms with Crippen LogP contribution in [0.1, 0.15) is 12.5 Å². The standard InChI is InChI=1S/C12H17ClN2OS/c1-8(12(14)17)15(2)7-9-6-10(13)4-5-11(9)16-3/h4-6,8H,7H2,1-3H3,(H2,14,17). The van der Waals surface area contributed by atoms with Crippen LogP contribution in [0, 0.1) is 0 Å². The second-order valence-electron chi connectivity index (χ2n) is 3.95. The van der Waals surface area contributed by atoms with Crippen molar-refractivity contribution in [2.75, 3.05) is 14.2 Å². The van der Waals surface area contributed by atoms with Crippen molar-refractivity contribution in [3.05, 3.63) is 28.8 Å². The zero-order chi connectivity index (χ0) is 13.0. The summed E-state index contributed by atoms with van der Waals surface area (Å²) in [6.07, 6.45) is 0. The van der Waals surface area contributed by atoms with Crippen molar-refractivity contribution in [1.82, 2.24) is 4.90 Å². The lowest BCUT2D eigenvalue weighted by Gasteiger charge is -2.24. The Hall–Kier alpha value is -0.840. The molecule has 0 saturated heterocycles. The molecule has 0 aliphatic carbocycles. The van der Waals surface area contributed by atoms with E-state index in [2.05, 4.69) is 4.90 Å². The first-order valence-electron chi connectivity index (χ1n) is 5.27. The summed E-state index contributed by atoms with van der Waals surface area (Å²) in [5, 5.41) is 0.692. The van der Waals surface area contributed by atoms with Gasteiger partial charge in [0.2, 0.25) is 0 Å². The van der Waals surface area contributed by atoms with E-state index in [0.717, 1.165) is 11.3 Å². The van der Waals surface area contributed by atoms with Crippen LogP contribution < -0.4 is 10.5 Å². The van der Waals surface area contributed by atoms with Crippen LogP contribution in [0.2, 0.25) is 5.02 Å². The number of hydrogen-bond acceptors (Lipinski definition) is 3. The summed E-state index contributed by atoms with van der Waals surface area (Å²) in [6.45, 7) is 2.65. The third-order valence-corrected chi connectivity index (χ3v) is 3.31. The van der Waals surface area contributed by atoms with Gasteiger partial charge in [0.25, 0.3) is 0 Å². The Labute approximate surface area is 112 Å². The van der Waals surface area contributed by atoms with Crippen LogP contribution in [-0.4, -0.2) is 30.1 Å². The van der Waals surface area contributed by atoms with Crippen molar-refractivity contribution in [3.8, 4) is 5.75 Å². The van der Waals surface area contributed by atoms with Gasteiger partial charge in [-0.1, -0.05) is 23.8 Å². The van der Waals surface area contributed by atoms with E-state index < -0.39 is 0 Å². The van der Waals surface area contributed by atoms with Gasteiger partial charge in [0.1, 0.15) is 5.75 Å². The first-order valence-corrected chi connectivity index (χ1v) is 6.06. The Bertz CT molecular complexity index is 411. The minimum atomic E-state index is 0.0358. The van der Waals surface area contributed by atoms with Crippen LogP contribution in [0.25, 0.3) is 0 Å². The van der Waals surface area contributed by atoms with Gasteiger partial charge in [-0.15, -0.1) is 0 Å². The fourth-order valence-electron chi connectivity index (χ4n) is 1.49. The summed E-state index contributed by atoms with van der Waals surface area (Å²) in [5.74, 6) is 0.816. The average molecular weight is 273 g/mol. The molecule has 0 aliphatic heterocycles. The topological polar surface area (TPSA) is 38.5 Å². The Morgan fingerprint density at radius 1 is 1.59 bits per heavy atom. The van der Waals surface area contributed by atoms with Gasteiger partial charge in [-0.3, -0.25) is 4.90 Å². The third kappa shape index (κ3) is 3.84. The lowest BCUT2D eigenvalue weighted by atomic mass is 10.1. The quantitative estimate of drug-likeness (QED) is 0.836. The van der Waals surface area contributed by atoms with Gasteiger partial charge in [-0.05, 0) is 32.2 Å². The van der Waals surface area contributed by atoms with Crippen molar-refractivity contribution >= 4 is 28.8 Å². The van der Waals surface area contributed by atoms with Crippen molar-refractivity contribution in [2.45, 2.75) is 19.5 Å².